The first-order chi connectivity index (χ1) is 12.9. The van der Waals surface area contributed by atoms with Crippen LogP contribution in [0.3, 0.4) is 0 Å². The van der Waals surface area contributed by atoms with Gasteiger partial charge in [0.05, 0.1) is 5.69 Å². The molecule has 1 aromatic carbocycles. The number of carbonyl (C=O) groups excluding carboxylic acids is 2. The van der Waals surface area contributed by atoms with E-state index in [2.05, 4.69) is 20.6 Å². The number of fused-ring (bicyclic) bond motifs is 5. The number of thioether (sulfide) groups is 1. The molecule has 4 bridgehead atoms. The summed E-state index contributed by atoms with van der Waals surface area (Å²) in [7, 11) is 0. The van der Waals surface area contributed by atoms with E-state index in [1.807, 2.05) is 32.0 Å². The first-order valence-electron chi connectivity index (χ1n) is 8.88. The molecule has 0 saturated carbocycles. The highest BCUT2D eigenvalue weighted by Crippen LogP contribution is 2.29. The van der Waals surface area contributed by atoms with Crippen molar-refractivity contribution in [2.24, 2.45) is 0 Å². The molecule has 0 fully saturated rings. The molecular weight excluding hydrogens is 362 g/mol. The summed E-state index contributed by atoms with van der Waals surface area (Å²) in [6.45, 7) is 4.69. The van der Waals surface area contributed by atoms with E-state index >= 15 is 0 Å². The number of carbonyl (C=O) groups is 2. The number of nitrogens with two attached hydrogens (primary N) is 1. The molecule has 4 N–H and O–H groups in total. The van der Waals surface area contributed by atoms with Crippen LogP contribution in [0.4, 0.5) is 5.95 Å². The summed E-state index contributed by atoms with van der Waals surface area (Å²) in [5.74, 6) is 0.762. The smallest absolute Gasteiger partial charge is 0.251 e. The monoisotopic (exact) mass is 385 g/mol. The molecule has 1 aliphatic rings. The van der Waals surface area contributed by atoms with Gasteiger partial charge >= 0.3 is 0 Å². The van der Waals surface area contributed by atoms with E-state index in [-0.39, 0.29) is 17.8 Å². The quantitative estimate of drug-likeness (QED) is 0.599. The molecule has 0 aliphatic carbocycles. The number of nitrogens with one attached hydrogen (secondary N) is 2. The Morgan fingerprint density at radius 3 is 2.56 bits per heavy atom. The second-order valence-corrected chi connectivity index (χ2v) is 7.60. The van der Waals surface area contributed by atoms with Crippen molar-refractivity contribution in [2.45, 2.75) is 31.7 Å². The lowest BCUT2D eigenvalue weighted by atomic mass is 9.97. The number of nitrogen functional groups attached to an aromatic ring is 1. The highest BCUT2D eigenvalue weighted by Gasteiger charge is 2.15. The third-order valence-electron chi connectivity index (χ3n) is 4.34. The number of nitrogens with zero attached hydrogens (tertiary/aromatic N) is 2. The second kappa shape index (κ2) is 8.39. The van der Waals surface area contributed by atoms with Crippen LogP contribution in [0.1, 0.15) is 34.3 Å². The number of amides is 2. The molecule has 1 aliphatic heterocycles. The van der Waals surface area contributed by atoms with E-state index in [1.165, 1.54) is 0 Å². The van der Waals surface area contributed by atoms with Gasteiger partial charge < -0.3 is 16.4 Å². The summed E-state index contributed by atoms with van der Waals surface area (Å²) in [6.07, 6.45) is 1.17. The van der Waals surface area contributed by atoms with Crippen LogP contribution < -0.4 is 16.4 Å². The lowest BCUT2D eigenvalue weighted by Gasteiger charge is -2.14. The Kier molecular flexibility index (Phi) is 5.95. The van der Waals surface area contributed by atoms with Crippen LogP contribution >= 0.6 is 11.8 Å². The summed E-state index contributed by atoms with van der Waals surface area (Å²) in [4.78, 5) is 33.1. The van der Waals surface area contributed by atoms with Gasteiger partial charge in [-0.3, -0.25) is 9.59 Å². The highest BCUT2D eigenvalue weighted by molar-refractivity contribution is 7.99. The molecule has 8 heteroatoms. The molecular formula is C19H23N5O2S. The van der Waals surface area contributed by atoms with Crippen molar-refractivity contribution >= 4 is 29.5 Å². The minimum atomic E-state index is -0.174. The van der Waals surface area contributed by atoms with Crippen LogP contribution in [0.5, 0.6) is 0 Å². The summed E-state index contributed by atoms with van der Waals surface area (Å²) in [5.41, 5.74) is 9.95. The SMILES string of the molecule is Cc1cc(C)c2cc1C(=O)NCCNC(=O)CCCSc1cc-2nc(N)n1. The topological polar surface area (TPSA) is 110 Å². The van der Waals surface area contributed by atoms with E-state index in [0.717, 1.165) is 33.9 Å². The molecule has 2 heterocycles. The van der Waals surface area contributed by atoms with Crippen LogP contribution in [0, 0.1) is 13.8 Å². The van der Waals surface area contributed by atoms with Crippen molar-refractivity contribution in [3.05, 3.63) is 34.9 Å². The Morgan fingerprint density at radius 2 is 1.74 bits per heavy atom. The van der Waals surface area contributed by atoms with Gasteiger partial charge in [-0.25, -0.2) is 9.97 Å². The average Bonchev–Trinajstić information content (AvgIpc) is 2.61. The van der Waals surface area contributed by atoms with Crippen molar-refractivity contribution in [3.63, 3.8) is 0 Å². The molecule has 0 unspecified atom stereocenters. The maximum absolute atomic E-state index is 12.6. The van der Waals surface area contributed by atoms with Gasteiger partial charge in [-0.1, -0.05) is 6.07 Å². The van der Waals surface area contributed by atoms with E-state index in [4.69, 9.17) is 5.73 Å². The van der Waals surface area contributed by atoms with Crippen LogP contribution in [-0.2, 0) is 4.79 Å². The minimum absolute atomic E-state index is 0.0198. The van der Waals surface area contributed by atoms with Gasteiger partial charge in [-0.2, -0.15) is 0 Å². The van der Waals surface area contributed by atoms with Gasteiger partial charge in [0.1, 0.15) is 5.03 Å². The zero-order chi connectivity index (χ0) is 19.4. The summed E-state index contributed by atoms with van der Waals surface area (Å²) in [6, 6.07) is 5.70. The van der Waals surface area contributed by atoms with Crippen molar-refractivity contribution in [1.29, 1.82) is 0 Å². The molecule has 2 amide bonds. The van der Waals surface area contributed by atoms with Gasteiger partial charge in [-0.05, 0) is 49.3 Å². The maximum Gasteiger partial charge on any atom is 0.251 e. The molecule has 7 nitrogen and oxygen atoms in total. The average molecular weight is 385 g/mol. The summed E-state index contributed by atoms with van der Waals surface area (Å²) < 4.78 is 0. The third kappa shape index (κ3) is 4.77. The fourth-order valence-corrected chi connectivity index (χ4v) is 3.85. The van der Waals surface area contributed by atoms with Gasteiger partial charge in [0.25, 0.3) is 5.91 Å². The third-order valence-corrected chi connectivity index (χ3v) is 5.34. The zero-order valence-electron chi connectivity index (χ0n) is 15.5. The standard InChI is InChI=1S/C19H23N5O2S/c1-11-8-12(2)14-9-13(11)15-10-17(24-19(20)23-15)27-7-3-4-16(25)21-5-6-22-18(14)26/h8-10H,3-7H2,1-2H3,(H,21,25)(H,22,26)(H2,20,23,24). The van der Waals surface area contributed by atoms with E-state index < -0.39 is 0 Å². The number of anilines is 1. The molecule has 0 atom stereocenters. The van der Waals surface area contributed by atoms with Crippen LogP contribution in [-0.4, -0.2) is 40.6 Å². The number of hydrogen-bond donors (Lipinski definition) is 3. The lowest BCUT2D eigenvalue weighted by Crippen LogP contribution is -2.35. The van der Waals surface area contributed by atoms with Crippen molar-refractivity contribution in [2.75, 3.05) is 24.6 Å². The number of benzene rings is 1. The van der Waals surface area contributed by atoms with Gasteiger partial charge in [0, 0.05) is 30.6 Å². The Labute approximate surface area is 162 Å². The van der Waals surface area contributed by atoms with Crippen LogP contribution in [0.25, 0.3) is 11.3 Å². The fraction of sp³-hybridized carbons (Fsp3) is 0.368. The number of rotatable bonds is 0. The largest absolute Gasteiger partial charge is 0.368 e. The molecule has 142 valence electrons. The zero-order valence-corrected chi connectivity index (χ0v) is 16.3. The number of aromatic nitrogens is 2. The van der Waals surface area contributed by atoms with E-state index in [1.54, 1.807) is 11.8 Å². The lowest BCUT2D eigenvalue weighted by molar-refractivity contribution is -0.121. The number of hydrogen-bond acceptors (Lipinski definition) is 6. The fourth-order valence-electron chi connectivity index (χ4n) is 3.00. The first-order valence-corrected chi connectivity index (χ1v) is 9.86. The predicted molar refractivity (Wildman–Crippen MR) is 107 cm³/mol. The van der Waals surface area contributed by atoms with Crippen molar-refractivity contribution in [1.82, 2.24) is 20.6 Å². The molecule has 1 aromatic heterocycles. The number of aryl methyl sites for hydroxylation is 2. The molecule has 0 spiro atoms. The Hall–Kier alpha value is -2.61. The summed E-state index contributed by atoms with van der Waals surface area (Å²) >= 11 is 1.55. The molecule has 2 aromatic rings. The first kappa shape index (κ1) is 19.2. The Bertz CT molecular complexity index is 885. The summed E-state index contributed by atoms with van der Waals surface area (Å²) in [5, 5.41) is 6.44. The predicted octanol–water partition coefficient (Wildman–Crippen LogP) is 2.07. The molecule has 27 heavy (non-hydrogen) atoms. The van der Waals surface area contributed by atoms with Crippen molar-refractivity contribution < 1.29 is 9.59 Å². The van der Waals surface area contributed by atoms with Gasteiger partial charge in [0.2, 0.25) is 11.9 Å². The minimum Gasteiger partial charge on any atom is -0.368 e. The van der Waals surface area contributed by atoms with Crippen molar-refractivity contribution in [3.8, 4) is 11.3 Å². The second-order valence-electron chi connectivity index (χ2n) is 6.49. The Balaban J connectivity index is 2.03. The highest BCUT2D eigenvalue weighted by atomic mass is 32.2. The Morgan fingerprint density at radius 1 is 1.00 bits per heavy atom. The van der Waals surface area contributed by atoms with Gasteiger partial charge in [-0.15, -0.1) is 11.8 Å². The molecule has 3 rings (SSSR count). The van der Waals surface area contributed by atoms with Gasteiger partial charge in [0.15, 0.2) is 0 Å². The maximum atomic E-state index is 12.6. The van der Waals surface area contributed by atoms with Crippen LogP contribution in [0.2, 0.25) is 0 Å². The normalized spacial score (nSPS) is 15.8. The molecule has 0 radical (unpaired) electrons. The van der Waals surface area contributed by atoms with E-state index in [0.29, 0.717) is 30.8 Å². The van der Waals surface area contributed by atoms with Crippen LogP contribution in [0.15, 0.2) is 23.2 Å². The van der Waals surface area contributed by atoms with E-state index in [9.17, 15) is 9.59 Å². The molecule has 0 saturated heterocycles.